The number of amides is 3. The Morgan fingerprint density at radius 1 is 1.09 bits per heavy atom. The Kier molecular flexibility index (Phi) is 11.6. The van der Waals surface area contributed by atoms with Crippen molar-refractivity contribution >= 4 is 78.0 Å². The van der Waals surface area contributed by atoms with Crippen molar-refractivity contribution in [2.75, 3.05) is 42.0 Å². The van der Waals surface area contributed by atoms with Crippen molar-refractivity contribution in [3.8, 4) is 5.75 Å². The molecule has 3 amide bonds. The number of nitrogens with one attached hydrogen (secondary N) is 2. The number of methoxy groups -OCH3 is 1. The topological polar surface area (TPSA) is 125 Å². The summed E-state index contributed by atoms with van der Waals surface area (Å²) in [4.78, 5) is 43.8. The summed E-state index contributed by atoms with van der Waals surface area (Å²) in [5.74, 6) is -1.68. The standard InChI is InChI=1S/C30H35BrN4O6S.ClH/c1-5-23(32-6-2)29(37)33-24-17-34(28(36)18-42(4,39)40)25-9-7-8-10-26(25)35(30(24)38)16-22-21-13-12-20(31)15-19(21)11-14-27(22)41-3;/h7-15,23-24,32H,5-6,16-18H2,1-4H3,(H,33,37);1H. The van der Waals surface area contributed by atoms with Gasteiger partial charge in [-0.05, 0) is 54.1 Å². The van der Waals surface area contributed by atoms with Gasteiger partial charge in [0.25, 0.3) is 5.91 Å². The summed E-state index contributed by atoms with van der Waals surface area (Å²) in [5.41, 5.74) is 1.53. The molecular weight excluding hydrogens is 660 g/mol. The molecule has 10 nitrogen and oxygen atoms in total. The smallest absolute Gasteiger partial charge is 0.251 e. The third-order valence-corrected chi connectivity index (χ3v) is 8.42. The summed E-state index contributed by atoms with van der Waals surface area (Å²) >= 11 is 3.51. The zero-order valence-corrected chi connectivity index (χ0v) is 27.6. The van der Waals surface area contributed by atoms with Crippen LogP contribution >= 0.6 is 28.3 Å². The number of likely N-dealkylation sites (N-methyl/N-ethyl adjacent to an activating group) is 1. The molecule has 1 aliphatic heterocycles. The van der Waals surface area contributed by atoms with Crippen LogP contribution in [-0.2, 0) is 30.8 Å². The third kappa shape index (κ3) is 7.86. The Bertz CT molecular complexity index is 1620. The number of hydrogen-bond acceptors (Lipinski definition) is 7. The van der Waals surface area contributed by atoms with Gasteiger partial charge in [0, 0.05) is 16.3 Å². The summed E-state index contributed by atoms with van der Waals surface area (Å²) < 4.78 is 30.8. The minimum absolute atomic E-state index is 0. The average Bonchev–Trinajstić information content (AvgIpc) is 3.05. The molecule has 43 heavy (non-hydrogen) atoms. The van der Waals surface area contributed by atoms with Crippen molar-refractivity contribution in [2.45, 2.75) is 38.9 Å². The van der Waals surface area contributed by atoms with E-state index < -0.39 is 39.5 Å². The number of nitrogens with zero attached hydrogens (tertiary/aromatic N) is 2. The number of fused-ring (bicyclic) bond motifs is 2. The summed E-state index contributed by atoms with van der Waals surface area (Å²) in [6.07, 6.45) is 1.47. The van der Waals surface area contributed by atoms with Crippen molar-refractivity contribution in [3.63, 3.8) is 0 Å². The van der Waals surface area contributed by atoms with E-state index in [9.17, 15) is 22.8 Å². The summed E-state index contributed by atoms with van der Waals surface area (Å²) in [6.45, 7) is 4.14. The van der Waals surface area contributed by atoms with Gasteiger partial charge in [0.05, 0.1) is 37.6 Å². The quantitative estimate of drug-likeness (QED) is 0.331. The van der Waals surface area contributed by atoms with E-state index in [1.54, 1.807) is 31.4 Å². The first-order valence-electron chi connectivity index (χ1n) is 13.6. The third-order valence-electron chi connectivity index (χ3n) is 7.16. The maximum atomic E-state index is 14.3. The summed E-state index contributed by atoms with van der Waals surface area (Å²) in [7, 11) is -2.11. The molecule has 1 aliphatic rings. The molecule has 2 atom stereocenters. The van der Waals surface area contributed by atoms with Crippen LogP contribution in [0, 0.1) is 0 Å². The molecule has 0 bridgehead atoms. The minimum atomic E-state index is -3.67. The number of halogens is 2. The Morgan fingerprint density at radius 3 is 2.42 bits per heavy atom. The number of carbonyl (C=O) groups excluding carboxylic acids is 3. The van der Waals surface area contributed by atoms with Gasteiger partial charge in [0.1, 0.15) is 17.5 Å². The lowest BCUT2D eigenvalue weighted by Gasteiger charge is -2.28. The molecule has 3 aromatic carbocycles. The second-order valence-corrected chi connectivity index (χ2v) is 13.2. The maximum absolute atomic E-state index is 14.3. The van der Waals surface area contributed by atoms with Crippen molar-refractivity contribution in [1.29, 1.82) is 0 Å². The Hall–Kier alpha value is -3.19. The fraction of sp³-hybridized carbons (Fsp3) is 0.367. The van der Waals surface area contributed by atoms with Crippen LogP contribution in [0.2, 0.25) is 0 Å². The highest BCUT2D eigenvalue weighted by Gasteiger charge is 2.38. The van der Waals surface area contributed by atoms with E-state index in [1.807, 2.05) is 44.2 Å². The van der Waals surface area contributed by atoms with Gasteiger partial charge in [-0.15, -0.1) is 12.4 Å². The van der Waals surface area contributed by atoms with Gasteiger partial charge in [-0.25, -0.2) is 8.42 Å². The lowest BCUT2D eigenvalue weighted by molar-refractivity contribution is -0.129. The SMILES string of the molecule is CCNC(CC)C(=O)NC1CN(C(=O)CS(C)(=O)=O)c2ccccc2N(Cc2c(OC)ccc3cc(Br)ccc23)C1=O.Cl. The van der Waals surface area contributed by atoms with Crippen LogP contribution in [0.1, 0.15) is 25.8 Å². The van der Waals surface area contributed by atoms with Crippen molar-refractivity contribution < 1.29 is 27.5 Å². The van der Waals surface area contributed by atoms with E-state index in [4.69, 9.17) is 4.74 Å². The minimum Gasteiger partial charge on any atom is -0.496 e. The maximum Gasteiger partial charge on any atom is 0.251 e. The largest absolute Gasteiger partial charge is 0.496 e. The van der Waals surface area contributed by atoms with Crippen molar-refractivity contribution in [1.82, 2.24) is 10.6 Å². The first kappa shape index (κ1) is 34.3. The molecule has 0 aromatic heterocycles. The van der Waals surface area contributed by atoms with Crippen molar-refractivity contribution in [3.05, 3.63) is 64.6 Å². The van der Waals surface area contributed by atoms with Gasteiger partial charge in [0.15, 0.2) is 9.84 Å². The number of anilines is 2. The number of ether oxygens (including phenoxy) is 1. The molecule has 0 fully saturated rings. The first-order chi connectivity index (χ1) is 20.0. The molecule has 1 heterocycles. The van der Waals surface area contributed by atoms with Gasteiger partial charge < -0.3 is 25.2 Å². The fourth-order valence-electron chi connectivity index (χ4n) is 5.19. The van der Waals surface area contributed by atoms with E-state index in [0.717, 1.165) is 27.1 Å². The zero-order chi connectivity index (χ0) is 30.6. The van der Waals surface area contributed by atoms with Gasteiger partial charge in [0.2, 0.25) is 11.8 Å². The molecular formula is C30H36BrClN4O6S. The normalized spacial score (nSPS) is 15.7. The van der Waals surface area contributed by atoms with Crippen LogP contribution in [-0.4, -0.2) is 70.4 Å². The van der Waals surface area contributed by atoms with Crippen LogP contribution in [0.5, 0.6) is 5.75 Å². The highest BCUT2D eigenvalue weighted by atomic mass is 79.9. The number of para-hydroxylation sites is 2. The summed E-state index contributed by atoms with van der Waals surface area (Å²) in [5, 5.41) is 7.75. The van der Waals surface area contributed by atoms with Crippen LogP contribution in [0.4, 0.5) is 11.4 Å². The van der Waals surface area contributed by atoms with Crippen LogP contribution < -0.4 is 25.2 Å². The second kappa shape index (κ2) is 14.5. The molecule has 232 valence electrons. The number of benzene rings is 3. The fourth-order valence-corrected chi connectivity index (χ4v) is 6.18. The lowest BCUT2D eigenvalue weighted by Crippen LogP contribution is -2.56. The van der Waals surface area contributed by atoms with Gasteiger partial charge in [-0.3, -0.25) is 14.4 Å². The average molecular weight is 696 g/mol. The monoisotopic (exact) mass is 694 g/mol. The number of rotatable bonds is 10. The Labute approximate surface area is 266 Å². The predicted octanol–water partition coefficient (Wildman–Crippen LogP) is 3.83. The number of carbonyl (C=O) groups is 3. The number of sulfone groups is 1. The molecule has 2 N–H and O–H groups in total. The van der Waals surface area contributed by atoms with E-state index in [1.165, 1.54) is 9.80 Å². The molecule has 0 aliphatic carbocycles. The highest BCUT2D eigenvalue weighted by Crippen LogP contribution is 2.37. The van der Waals surface area contributed by atoms with Gasteiger partial charge in [-0.1, -0.05) is 54.0 Å². The highest BCUT2D eigenvalue weighted by molar-refractivity contribution is 9.10. The van der Waals surface area contributed by atoms with Gasteiger partial charge >= 0.3 is 0 Å². The summed E-state index contributed by atoms with van der Waals surface area (Å²) in [6, 6.07) is 14.7. The lowest BCUT2D eigenvalue weighted by atomic mass is 10.0. The predicted molar refractivity (Wildman–Crippen MR) is 175 cm³/mol. The van der Waals surface area contributed by atoms with Crippen LogP contribution in [0.25, 0.3) is 10.8 Å². The van der Waals surface area contributed by atoms with Crippen LogP contribution in [0.3, 0.4) is 0 Å². The van der Waals surface area contributed by atoms with Crippen molar-refractivity contribution in [2.24, 2.45) is 0 Å². The molecule has 0 spiro atoms. The zero-order valence-electron chi connectivity index (χ0n) is 24.4. The van der Waals surface area contributed by atoms with Crippen LogP contribution in [0.15, 0.2) is 59.1 Å². The Morgan fingerprint density at radius 2 is 1.79 bits per heavy atom. The number of hydrogen-bond donors (Lipinski definition) is 2. The molecule has 4 rings (SSSR count). The molecule has 2 unspecified atom stereocenters. The van der Waals surface area contributed by atoms with E-state index in [0.29, 0.717) is 30.1 Å². The molecule has 0 saturated heterocycles. The van der Waals surface area contributed by atoms with E-state index >= 15 is 0 Å². The second-order valence-electron chi connectivity index (χ2n) is 10.2. The van der Waals surface area contributed by atoms with Gasteiger partial charge in [-0.2, -0.15) is 0 Å². The first-order valence-corrected chi connectivity index (χ1v) is 16.5. The molecule has 0 radical (unpaired) electrons. The van der Waals surface area contributed by atoms with E-state index in [-0.39, 0.29) is 31.4 Å². The molecule has 0 saturated carbocycles. The molecule has 13 heteroatoms. The Balaban J connectivity index is 0.00000506. The van der Waals surface area contributed by atoms with E-state index in [2.05, 4.69) is 26.6 Å². The molecule has 3 aromatic rings.